The molecule has 5 nitrogen and oxygen atoms in total. The van der Waals surface area contributed by atoms with Gasteiger partial charge in [-0.15, -0.1) is 6.42 Å². The van der Waals surface area contributed by atoms with Gasteiger partial charge in [0.05, 0.1) is 19.3 Å². The van der Waals surface area contributed by atoms with Crippen molar-refractivity contribution in [1.29, 1.82) is 0 Å². The summed E-state index contributed by atoms with van der Waals surface area (Å²) < 4.78 is 1.76. The smallest absolute Gasteiger partial charge is 0.192 e. The first-order valence-corrected chi connectivity index (χ1v) is 5.19. The van der Waals surface area contributed by atoms with E-state index >= 15 is 0 Å². The molecule has 0 aliphatic carbocycles. The van der Waals surface area contributed by atoms with Gasteiger partial charge in [-0.2, -0.15) is 5.10 Å². The molecule has 0 bridgehead atoms. The summed E-state index contributed by atoms with van der Waals surface area (Å²) in [6.45, 7) is 3.88. The summed E-state index contributed by atoms with van der Waals surface area (Å²) in [4.78, 5) is 4.38. The molecule has 1 aromatic rings. The zero-order valence-electron chi connectivity index (χ0n) is 9.70. The second-order valence-electron chi connectivity index (χ2n) is 3.28. The van der Waals surface area contributed by atoms with Gasteiger partial charge < -0.3 is 10.6 Å². The molecule has 0 atom stereocenters. The fourth-order valence-electron chi connectivity index (χ4n) is 1.20. The number of hydrogen-bond acceptors (Lipinski definition) is 2. The van der Waals surface area contributed by atoms with Crippen molar-refractivity contribution in [2.24, 2.45) is 12.0 Å². The summed E-state index contributed by atoms with van der Waals surface area (Å²) in [6, 6.07) is 0. The summed E-state index contributed by atoms with van der Waals surface area (Å²) >= 11 is 0. The second-order valence-corrected chi connectivity index (χ2v) is 3.28. The summed E-state index contributed by atoms with van der Waals surface area (Å²) in [6.07, 6.45) is 8.91. The lowest BCUT2D eigenvalue weighted by Crippen LogP contribution is -2.37. The van der Waals surface area contributed by atoms with Gasteiger partial charge in [0, 0.05) is 25.4 Å². The molecule has 2 N–H and O–H groups in total. The molecule has 0 aliphatic heterocycles. The zero-order valence-corrected chi connectivity index (χ0v) is 9.70. The maximum atomic E-state index is 5.17. The van der Waals surface area contributed by atoms with Crippen LogP contribution in [-0.2, 0) is 13.6 Å². The van der Waals surface area contributed by atoms with Gasteiger partial charge in [0.2, 0.25) is 0 Å². The first-order chi connectivity index (χ1) is 7.76. The fourth-order valence-corrected chi connectivity index (χ4v) is 1.20. The summed E-state index contributed by atoms with van der Waals surface area (Å²) in [5.41, 5.74) is 1.07. The van der Waals surface area contributed by atoms with Gasteiger partial charge in [0.1, 0.15) is 0 Å². The van der Waals surface area contributed by atoms with Crippen molar-refractivity contribution < 1.29 is 0 Å². The van der Waals surface area contributed by atoms with Gasteiger partial charge >= 0.3 is 0 Å². The monoisotopic (exact) mass is 219 g/mol. The van der Waals surface area contributed by atoms with Crippen molar-refractivity contribution in [3.05, 3.63) is 18.0 Å². The summed E-state index contributed by atoms with van der Waals surface area (Å²) in [5.74, 6) is 3.24. The first-order valence-electron chi connectivity index (χ1n) is 5.19. The van der Waals surface area contributed by atoms with Crippen LogP contribution in [0, 0.1) is 12.3 Å². The topological polar surface area (TPSA) is 54.2 Å². The highest BCUT2D eigenvalue weighted by Crippen LogP contribution is 1.97. The van der Waals surface area contributed by atoms with E-state index in [2.05, 4.69) is 26.6 Å². The molecule has 16 heavy (non-hydrogen) atoms. The van der Waals surface area contributed by atoms with Crippen molar-refractivity contribution >= 4 is 5.96 Å². The second kappa shape index (κ2) is 6.51. The highest BCUT2D eigenvalue weighted by Gasteiger charge is 1.97. The van der Waals surface area contributed by atoms with E-state index in [1.54, 1.807) is 10.9 Å². The standard InChI is InChI=1S/C11H17N5/c1-4-6-13-11(12-5-2)14-7-10-8-15-16(3)9-10/h1,8-9H,5-7H2,2-3H3,(H2,12,13,14). The Labute approximate surface area is 96.0 Å². The Morgan fingerprint density at radius 3 is 3.00 bits per heavy atom. The Kier molecular flexibility index (Phi) is 4.93. The lowest BCUT2D eigenvalue weighted by Gasteiger charge is -2.07. The van der Waals surface area contributed by atoms with E-state index in [1.165, 1.54) is 0 Å². The van der Waals surface area contributed by atoms with Crippen LogP contribution in [0.2, 0.25) is 0 Å². The molecule has 0 amide bonds. The molecule has 0 radical (unpaired) electrons. The normalized spacial score (nSPS) is 10.9. The van der Waals surface area contributed by atoms with E-state index in [4.69, 9.17) is 6.42 Å². The highest BCUT2D eigenvalue weighted by molar-refractivity contribution is 5.79. The Morgan fingerprint density at radius 1 is 1.62 bits per heavy atom. The van der Waals surface area contributed by atoms with Crippen molar-refractivity contribution in [1.82, 2.24) is 20.4 Å². The Balaban J connectivity index is 2.53. The lowest BCUT2D eigenvalue weighted by molar-refractivity contribution is 0.766. The van der Waals surface area contributed by atoms with Gasteiger partial charge in [-0.3, -0.25) is 4.68 Å². The molecule has 0 fully saturated rings. The van der Waals surface area contributed by atoms with Gasteiger partial charge in [-0.25, -0.2) is 4.99 Å². The van der Waals surface area contributed by atoms with E-state index in [1.807, 2.05) is 20.2 Å². The predicted molar refractivity (Wildman–Crippen MR) is 64.9 cm³/mol. The third-order valence-corrected chi connectivity index (χ3v) is 1.88. The third-order valence-electron chi connectivity index (χ3n) is 1.88. The maximum absolute atomic E-state index is 5.17. The van der Waals surface area contributed by atoms with Gasteiger partial charge in [-0.05, 0) is 6.92 Å². The average Bonchev–Trinajstić information content (AvgIpc) is 2.68. The number of nitrogens with zero attached hydrogens (tertiary/aromatic N) is 3. The van der Waals surface area contributed by atoms with Gasteiger partial charge in [-0.1, -0.05) is 5.92 Å². The van der Waals surface area contributed by atoms with Crippen molar-refractivity contribution in [2.75, 3.05) is 13.1 Å². The molecule has 1 heterocycles. The third kappa shape index (κ3) is 4.05. The lowest BCUT2D eigenvalue weighted by atomic mass is 10.4. The largest absolute Gasteiger partial charge is 0.357 e. The molecule has 1 rings (SSSR count). The minimum atomic E-state index is 0.471. The van der Waals surface area contributed by atoms with Crippen molar-refractivity contribution in [3.8, 4) is 12.3 Å². The highest BCUT2D eigenvalue weighted by atomic mass is 15.2. The quantitative estimate of drug-likeness (QED) is 0.429. The molecule has 86 valence electrons. The van der Waals surface area contributed by atoms with Crippen molar-refractivity contribution in [3.63, 3.8) is 0 Å². The molecular weight excluding hydrogens is 202 g/mol. The summed E-state index contributed by atoms with van der Waals surface area (Å²) in [7, 11) is 1.88. The first kappa shape index (κ1) is 12.1. The Hall–Kier alpha value is -1.96. The minimum absolute atomic E-state index is 0.471. The summed E-state index contributed by atoms with van der Waals surface area (Å²) in [5, 5.41) is 10.2. The molecule has 0 saturated heterocycles. The van der Waals surface area contributed by atoms with Crippen LogP contribution in [0.1, 0.15) is 12.5 Å². The van der Waals surface area contributed by atoms with E-state index < -0.39 is 0 Å². The number of aromatic nitrogens is 2. The minimum Gasteiger partial charge on any atom is -0.357 e. The van der Waals surface area contributed by atoms with E-state index in [9.17, 15) is 0 Å². The van der Waals surface area contributed by atoms with E-state index in [-0.39, 0.29) is 0 Å². The molecule has 0 spiro atoms. The van der Waals surface area contributed by atoms with Crippen LogP contribution in [0.3, 0.4) is 0 Å². The molecule has 0 aliphatic rings. The Bertz CT molecular complexity index is 385. The van der Waals surface area contributed by atoms with Crippen molar-refractivity contribution in [2.45, 2.75) is 13.5 Å². The van der Waals surface area contributed by atoms with Crippen LogP contribution in [0.15, 0.2) is 17.4 Å². The van der Waals surface area contributed by atoms with Crippen LogP contribution >= 0.6 is 0 Å². The number of hydrogen-bond donors (Lipinski definition) is 2. The molecule has 5 heteroatoms. The Morgan fingerprint density at radius 2 is 2.44 bits per heavy atom. The predicted octanol–water partition coefficient (Wildman–Crippen LogP) is 0.108. The number of aryl methyl sites for hydroxylation is 1. The number of aliphatic imine (C=N–C) groups is 1. The van der Waals surface area contributed by atoms with E-state index in [0.29, 0.717) is 13.1 Å². The molecule has 0 aromatic carbocycles. The molecule has 1 aromatic heterocycles. The van der Waals surface area contributed by atoms with Crippen LogP contribution < -0.4 is 10.6 Å². The van der Waals surface area contributed by atoms with E-state index in [0.717, 1.165) is 18.1 Å². The van der Waals surface area contributed by atoms with Crippen LogP contribution in [-0.4, -0.2) is 28.8 Å². The van der Waals surface area contributed by atoms with Gasteiger partial charge in [0.25, 0.3) is 0 Å². The van der Waals surface area contributed by atoms with Gasteiger partial charge in [0.15, 0.2) is 5.96 Å². The molecule has 0 unspecified atom stereocenters. The SMILES string of the molecule is C#CCNC(=NCc1cnn(C)c1)NCC. The number of nitrogens with one attached hydrogen (secondary N) is 2. The maximum Gasteiger partial charge on any atom is 0.192 e. The average molecular weight is 219 g/mol. The van der Waals surface area contributed by atoms with Crippen LogP contribution in [0.25, 0.3) is 0 Å². The number of rotatable bonds is 4. The molecule has 0 saturated carbocycles. The zero-order chi connectivity index (χ0) is 11.8. The van der Waals surface area contributed by atoms with Crippen LogP contribution in [0.4, 0.5) is 0 Å². The molecular formula is C11H17N5. The fraction of sp³-hybridized carbons (Fsp3) is 0.455. The van der Waals surface area contributed by atoms with Crippen LogP contribution in [0.5, 0.6) is 0 Å². The number of terminal acetylenes is 1. The number of guanidine groups is 1.